The Hall–Kier alpha value is -0.910. The monoisotopic (exact) mass is 290 g/mol. The molecule has 2 unspecified atom stereocenters. The van der Waals surface area contributed by atoms with Crippen LogP contribution in [-0.4, -0.2) is 41.7 Å². The van der Waals surface area contributed by atoms with Gasteiger partial charge < -0.3 is 15.7 Å². The van der Waals surface area contributed by atoms with Crippen LogP contribution in [0.5, 0.6) is 0 Å². The van der Waals surface area contributed by atoms with Crippen LogP contribution in [0.4, 0.5) is 4.79 Å². The molecular weight excluding hydrogens is 264 g/mol. The molecule has 0 aromatic rings. The van der Waals surface area contributed by atoms with E-state index in [4.69, 9.17) is 5.11 Å². The van der Waals surface area contributed by atoms with Crippen LogP contribution in [-0.2, 0) is 4.79 Å². The van der Waals surface area contributed by atoms with E-state index in [1.807, 2.05) is 34.0 Å². The molecule has 112 valence electrons. The van der Waals surface area contributed by atoms with Gasteiger partial charge in [-0.05, 0) is 25.0 Å². The lowest BCUT2D eigenvalue weighted by atomic mass is 9.84. The molecule has 0 aliphatic heterocycles. The van der Waals surface area contributed by atoms with E-state index in [-0.39, 0.29) is 24.0 Å². The number of carboxylic acids is 1. The standard InChI is InChI=1S/C13H26N2O3S/c1-9(8-19-5)15-12(18)14-7-10(11(16)17)6-13(2,3)4/h9-10H,6-8H2,1-5H3,(H,16,17)(H2,14,15,18). The minimum atomic E-state index is -0.868. The van der Waals surface area contributed by atoms with Crippen LogP contribution >= 0.6 is 11.8 Å². The number of thioether (sulfide) groups is 1. The van der Waals surface area contributed by atoms with E-state index in [0.717, 1.165) is 5.75 Å². The average Bonchev–Trinajstić information content (AvgIpc) is 2.22. The molecule has 3 N–H and O–H groups in total. The number of nitrogens with one attached hydrogen (secondary N) is 2. The maximum absolute atomic E-state index is 11.6. The number of hydrogen-bond donors (Lipinski definition) is 3. The van der Waals surface area contributed by atoms with Crippen molar-refractivity contribution in [3.63, 3.8) is 0 Å². The molecule has 0 aliphatic carbocycles. The Bertz CT molecular complexity index is 303. The summed E-state index contributed by atoms with van der Waals surface area (Å²) in [4.78, 5) is 22.7. The van der Waals surface area contributed by atoms with Crippen LogP contribution < -0.4 is 10.6 Å². The summed E-state index contributed by atoms with van der Waals surface area (Å²) < 4.78 is 0. The second kappa shape index (κ2) is 8.30. The molecule has 0 spiro atoms. The number of hydrogen-bond acceptors (Lipinski definition) is 3. The van der Waals surface area contributed by atoms with Crippen molar-refractivity contribution in [1.29, 1.82) is 0 Å². The zero-order valence-electron chi connectivity index (χ0n) is 12.4. The first-order chi connectivity index (χ1) is 8.65. The molecule has 2 atom stereocenters. The third-order valence-electron chi connectivity index (χ3n) is 2.51. The van der Waals surface area contributed by atoms with Crippen LogP contribution in [0.15, 0.2) is 0 Å². The molecule has 2 amide bonds. The molecule has 0 rings (SSSR count). The van der Waals surface area contributed by atoms with Gasteiger partial charge in [-0.3, -0.25) is 4.79 Å². The Kier molecular flexibility index (Phi) is 7.90. The third kappa shape index (κ3) is 9.64. The van der Waals surface area contributed by atoms with Crippen molar-refractivity contribution >= 4 is 23.8 Å². The van der Waals surface area contributed by atoms with E-state index in [0.29, 0.717) is 6.42 Å². The lowest BCUT2D eigenvalue weighted by Gasteiger charge is -2.23. The van der Waals surface area contributed by atoms with Crippen molar-refractivity contribution in [2.75, 3.05) is 18.6 Å². The highest BCUT2D eigenvalue weighted by Crippen LogP contribution is 2.24. The Morgan fingerprint density at radius 2 is 1.89 bits per heavy atom. The molecule has 0 radical (unpaired) electrons. The molecule has 0 fully saturated rings. The first-order valence-electron chi connectivity index (χ1n) is 6.42. The highest BCUT2D eigenvalue weighted by molar-refractivity contribution is 7.98. The predicted octanol–water partition coefficient (Wildman–Crippen LogP) is 2.17. The molecule has 19 heavy (non-hydrogen) atoms. The van der Waals surface area contributed by atoms with E-state index in [2.05, 4.69) is 10.6 Å². The zero-order valence-corrected chi connectivity index (χ0v) is 13.3. The highest BCUT2D eigenvalue weighted by atomic mass is 32.2. The maximum atomic E-state index is 11.6. The van der Waals surface area contributed by atoms with E-state index < -0.39 is 11.9 Å². The van der Waals surface area contributed by atoms with Gasteiger partial charge in [-0.15, -0.1) is 0 Å². The molecule has 0 aromatic heterocycles. The van der Waals surface area contributed by atoms with Gasteiger partial charge in [0.15, 0.2) is 0 Å². The summed E-state index contributed by atoms with van der Waals surface area (Å²) in [5.41, 5.74) is -0.0760. The maximum Gasteiger partial charge on any atom is 0.315 e. The van der Waals surface area contributed by atoms with Gasteiger partial charge in [0.05, 0.1) is 5.92 Å². The van der Waals surface area contributed by atoms with Crippen molar-refractivity contribution in [2.45, 2.75) is 40.2 Å². The number of aliphatic carboxylic acids is 1. The van der Waals surface area contributed by atoms with Crippen LogP contribution in [0.25, 0.3) is 0 Å². The van der Waals surface area contributed by atoms with E-state index in [9.17, 15) is 9.59 Å². The molecule has 0 aliphatic rings. The number of amides is 2. The summed E-state index contributed by atoms with van der Waals surface area (Å²) >= 11 is 1.65. The fraction of sp³-hybridized carbons (Fsp3) is 0.846. The summed E-state index contributed by atoms with van der Waals surface area (Å²) in [5.74, 6) is -0.591. The summed E-state index contributed by atoms with van der Waals surface area (Å²) in [6.07, 6.45) is 2.50. The lowest BCUT2D eigenvalue weighted by molar-refractivity contribution is -0.142. The molecule has 5 nitrogen and oxygen atoms in total. The van der Waals surface area contributed by atoms with Gasteiger partial charge in [0.25, 0.3) is 0 Å². The van der Waals surface area contributed by atoms with Gasteiger partial charge in [-0.2, -0.15) is 11.8 Å². The topological polar surface area (TPSA) is 78.4 Å². The number of rotatable bonds is 7. The van der Waals surface area contributed by atoms with Crippen molar-refractivity contribution in [3.05, 3.63) is 0 Å². The van der Waals surface area contributed by atoms with Crippen molar-refractivity contribution in [3.8, 4) is 0 Å². The average molecular weight is 290 g/mol. The second-order valence-corrected chi connectivity index (χ2v) is 6.92. The smallest absolute Gasteiger partial charge is 0.315 e. The van der Waals surface area contributed by atoms with Crippen molar-refractivity contribution in [2.24, 2.45) is 11.3 Å². The Morgan fingerprint density at radius 1 is 1.32 bits per heavy atom. The van der Waals surface area contributed by atoms with E-state index in [1.165, 1.54) is 0 Å². The number of carbonyl (C=O) groups excluding carboxylic acids is 1. The minimum absolute atomic E-state index is 0.0703. The summed E-state index contributed by atoms with van der Waals surface area (Å²) in [6.45, 7) is 8.04. The molecule has 6 heteroatoms. The quantitative estimate of drug-likeness (QED) is 0.671. The lowest BCUT2D eigenvalue weighted by Crippen LogP contribution is -2.44. The predicted molar refractivity (Wildman–Crippen MR) is 79.6 cm³/mol. The fourth-order valence-electron chi connectivity index (χ4n) is 1.77. The Labute approximate surface area is 119 Å². The van der Waals surface area contributed by atoms with Gasteiger partial charge in [0.2, 0.25) is 0 Å². The van der Waals surface area contributed by atoms with E-state index >= 15 is 0 Å². The van der Waals surface area contributed by atoms with Crippen LogP contribution in [0.1, 0.15) is 34.1 Å². The van der Waals surface area contributed by atoms with Gasteiger partial charge in [0, 0.05) is 18.3 Å². The number of carboxylic acid groups (broad SMARTS) is 1. The van der Waals surface area contributed by atoms with Crippen molar-refractivity contribution in [1.82, 2.24) is 10.6 Å². The van der Waals surface area contributed by atoms with Crippen LogP contribution in [0.3, 0.4) is 0 Å². The van der Waals surface area contributed by atoms with Crippen molar-refractivity contribution < 1.29 is 14.7 Å². The molecule has 0 bridgehead atoms. The van der Waals surface area contributed by atoms with Gasteiger partial charge in [0.1, 0.15) is 0 Å². The largest absolute Gasteiger partial charge is 0.481 e. The summed E-state index contributed by atoms with van der Waals surface area (Å²) in [5, 5.41) is 14.6. The summed E-state index contributed by atoms with van der Waals surface area (Å²) in [6, 6.07) is -0.234. The molecule has 0 saturated heterocycles. The third-order valence-corrected chi connectivity index (χ3v) is 3.34. The number of carbonyl (C=O) groups is 2. The minimum Gasteiger partial charge on any atom is -0.481 e. The van der Waals surface area contributed by atoms with Crippen LogP contribution in [0.2, 0.25) is 0 Å². The second-order valence-electron chi connectivity index (χ2n) is 6.01. The van der Waals surface area contributed by atoms with Crippen LogP contribution in [0, 0.1) is 11.3 Å². The Balaban J connectivity index is 4.18. The Morgan fingerprint density at radius 3 is 2.32 bits per heavy atom. The highest BCUT2D eigenvalue weighted by Gasteiger charge is 2.25. The van der Waals surface area contributed by atoms with Gasteiger partial charge >= 0.3 is 12.0 Å². The zero-order chi connectivity index (χ0) is 15.1. The SMILES string of the molecule is CSCC(C)NC(=O)NCC(CC(C)(C)C)C(=O)O. The molecular formula is C13H26N2O3S. The first kappa shape index (κ1) is 18.1. The molecule has 0 heterocycles. The van der Waals surface area contributed by atoms with E-state index in [1.54, 1.807) is 11.8 Å². The first-order valence-corrected chi connectivity index (χ1v) is 7.81. The van der Waals surface area contributed by atoms with Gasteiger partial charge in [-0.25, -0.2) is 4.79 Å². The number of urea groups is 1. The normalized spacial score (nSPS) is 14.6. The molecule has 0 aromatic carbocycles. The summed E-state index contributed by atoms with van der Waals surface area (Å²) in [7, 11) is 0. The van der Waals surface area contributed by atoms with Gasteiger partial charge in [-0.1, -0.05) is 20.8 Å². The molecule has 0 saturated carbocycles. The fourth-order valence-corrected chi connectivity index (χ4v) is 2.35.